The predicted molar refractivity (Wildman–Crippen MR) is 241 cm³/mol. The molecule has 0 rings (SSSR count). The Kier molecular flexibility index (Phi) is 41.3. The number of esters is 1. The second-order valence-electron chi connectivity index (χ2n) is 15.5. The van der Waals surface area contributed by atoms with Crippen molar-refractivity contribution in [1.29, 1.82) is 0 Å². The zero-order valence-corrected chi connectivity index (χ0v) is 36.5. The summed E-state index contributed by atoms with van der Waals surface area (Å²) in [6, 6.07) is -0.734. The zero-order valence-electron chi connectivity index (χ0n) is 36.5. The van der Waals surface area contributed by atoms with Crippen LogP contribution < -0.4 is 5.32 Å². The first-order chi connectivity index (χ1) is 27.5. The molecule has 3 N–H and O–H groups in total. The van der Waals surface area contributed by atoms with Crippen LogP contribution in [0.1, 0.15) is 207 Å². The van der Waals surface area contributed by atoms with Crippen LogP contribution in [-0.2, 0) is 14.3 Å². The molecule has 0 bridgehead atoms. The summed E-state index contributed by atoms with van der Waals surface area (Å²) in [4.78, 5) is 25.9. The monoisotopic (exact) mass is 782 g/mol. The number of aliphatic hydroxyl groups is 2. The lowest BCUT2D eigenvalue weighted by Gasteiger charge is -2.24. The van der Waals surface area contributed by atoms with Gasteiger partial charge in [-0.3, -0.25) is 9.59 Å². The first kappa shape index (κ1) is 53.3. The molecule has 0 saturated carbocycles. The maximum absolute atomic E-state index is 13.1. The maximum Gasteiger partial charge on any atom is 0.306 e. The van der Waals surface area contributed by atoms with E-state index >= 15 is 0 Å². The third-order valence-corrected chi connectivity index (χ3v) is 10.1. The number of nitrogens with one attached hydrogen (secondary N) is 1. The van der Waals surface area contributed by atoms with E-state index < -0.39 is 18.2 Å². The van der Waals surface area contributed by atoms with Crippen LogP contribution in [0.2, 0.25) is 0 Å². The fourth-order valence-electron chi connectivity index (χ4n) is 6.62. The van der Waals surface area contributed by atoms with E-state index in [0.717, 1.165) is 51.4 Å². The smallest absolute Gasteiger partial charge is 0.306 e. The number of carbonyl (C=O) groups excluding carboxylic acids is 2. The average molecular weight is 782 g/mol. The van der Waals surface area contributed by atoms with Crippen molar-refractivity contribution >= 4 is 11.9 Å². The van der Waals surface area contributed by atoms with Gasteiger partial charge in [0.05, 0.1) is 25.2 Å². The van der Waals surface area contributed by atoms with Gasteiger partial charge in [0.25, 0.3) is 0 Å². The number of allylic oxidation sites excluding steroid dienone is 12. The first-order valence-electron chi connectivity index (χ1n) is 23.2. The van der Waals surface area contributed by atoms with Crippen LogP contribution in [-0.4, -0.2) is 46.9 Å². The Balaban J connectivity index is 4.72. The van der Waals surface area contributed by atoms with Crippen molar-refractivity contribution in [3.63, 3.8) is 0 Å². The van der Waals surface area contributed by atoms with Crippen LogP contribution in [0.25, 0.3) is 0 Å². The van der Waals surface area contributed by atoms with Gasteiger partial charge < -0.3 is 20.3 Å². The molecule has 322 valence electrons. The van der Waals surface area contributed by atoms with Gasteiger partial charge in [0.15, 0.2) is 0 Å². The molecule has 56 heavy (non-hydrogen) atoms. The van der Waals surface area contributed by atoms with Crippen LogP contribution in [0.5, 0.6) is 0 Å². The van der Waals surface area contributed by atoms with Crippen LogP contribution in [0, 0.1) is 0 Å². The lowest BCUT2D eigenvalue weighted by atomic mass is 10.0. The highest BCUT2D eigenvalue weighted by Crippen LogP contribution is 2.16. The van der Waals surface area contributed by atoms with Crippen molar-refractivity contribution in [2.75, 3.05) is 6.61 Å². The van der Waals surface area contributed by atoms with E-state index in [1.54, 1.807) is 0 Å². The van der Waals surface area contributed by atoms with E-state index in [4.69, 9.17) is 4.74 Å². The molecule has 1 amide bonds. The van der Waals surface area contributed by atoms with E-state index in [9.17, 15) is 19.8 Å². The van der Waals surface area contributed by atoms with Gasteiger partial charge in [-0.25, -0.2) is 0 Å². The second kappa shape index (κ2) is 43.4. The molecule has 6 nitrogen and oxygen atoms in total. The van der Waals surface area contributed by atoms with Crippen LogP contribution >= 0.6 is 0 Å². The van der Waals surface area contributed by atoms with E-state index in [-0.39, 0.29) is 31.3 Å². The van der Waals surface area contributed by atoms with Gasteiger partial charge in [0.2, 0.25) is 5.91 Å². The number of hydrogen-bond acceptors (Lipinski definition) is 5. The number of unbranched alkanes of at least 4 members (excludes halogenated alkanes) is 19. The summed E-state index contributed by atoms with van der Waals surface area (Å²) in [7, 11) is 0. The summed E-state index contributed by atoms with van der Waals surface area (Å²) in [6.45, 7) is 6.28. The number of amides is 1. The summed E-state index contributed by atoms with van der Waals surface area (Å²) >= 11 is 0. The third kappa shape index (κ3) is 38.2. The van der Waals surface area contributed by atoms with Gasteiger partial charge in [-0.1, -0.05) is 209 Å². The lowest BCUT2D eigenvalue weighted by Crippen LogP contribution is -2.46. The van der Waals surface area contributed by atoms with E-state index in [1.807, 2.05) is 42.5 Å². The van der Waals surface area contributed by atoms with Gasteiger partial charge >= 0.3 is 5.97 Å². The van der Waals surface area contributed by atoms with Crippen molar-refractivity contribution in [3.05, 3.63) is 72.9 Å². The first-order valence-corrected chi connectivity index (χ1v) is 23.2. The molecule has 0 heterocycles. The van der Waals surface area contributed by atoms with Gasteiger partial charge in [-0.15, -0.1) is 0 Å². The second-order valence-corrected chi connectivity index (χ2v) is 15.5. The molecule has 3 unspecified atom stereocenters. The summed E-state index contributed by atoms with van der Waals surface area (Å²) in [6.07, 6.45) is 54.1. The van der Waals surface area contributed by atoms with Gasteiger partial charge in [-0.2, -0.15) is 0 Å². The standard InChI is InChI=1S/C50H87NO5/c1-4-7-10-13-16-19-22-24-27-30-33-36-39-42-48(53)47(45-52)51-49(54)44-46(41-38-35-32-29-26-21-18-15-12-9-6-3)56-50(55)43-40-37-34-31-28-25-23-20-17-14-11-8-5-2/h9,12,15,18,21,25-26,28-29,32,34,37,46-48,52-53H,4-8,10-11,13-14,16-17,19-20,22-24,27,30-31,33,35-36,38-45H2,1-3H3,(H,51,54)/b12-9+,18-15+,26-21-,28-25-,32-29-,37-34+. The molecule has 0 aromatic heterocycles. The minimum absolute atomic E-state index is 0.00657. The molecule has 0 aliphatic carbocycles. The van der Waals surface area contributed by atoms with E-state index in [0.29, 0.717) is 19.3 Å². The van der Waals surface area contributed by atoms with Gasteiger partial charge in [0, 0.05) is 6.42 Å². The highest BCUT2D eigenvalue weighted by Gasteiger charge is 2.23. The minimum Gasteiger partial charge on any atom is -0.462 e. The van der Waals surface area contributed by atoms with Crippen LogP contribution in [0.3, 0.4) is 0 Å². The topological polar surface area (TPSA) is 95.9 Å². The van der Waals surface area contributed by atoms with Gasteiger partial charge in [-0.05, 0) is 57.8 Å². The molecule has 3 atom stereocenters. The quantitative estimate of drug-likeness (QED) is 0.0249. The lowest BCUT2D eigenvalue weighted by molar-refractivity contribution is -0.150. The highest BCUT2D eigenvalue weighted by atomic mass is 16.5. The van der Waals surface area contributed by atoms with Crippen LogP contribution in [0.15, 0.2) is 72.9 Å². The number of ether oxygens (including phenoxy) is 1. The molecular weight excluding hydrogens is 695 g/mol. The molecular formula is C50H87NO5. The van der Waals surface area contributed by atoms with Crippen molar-refractivity contribution in [3.8, 4) is 0 Å². The Morgan fingerprint density at radius 3 is 1.62 bits per heavy atom. The van der Waals surface area contributed by atoms with Crippen molar-refractivity contribution < 1.29 is 24.5 Å². The largest absolute Gasteiger partial charge is 0.462 e. The van der Waals surface area contributed by atoms with E-state index in [2.05, 4.69) is 56.5 Å². The van der Waals surface area contributed by atoms with Crippen LogP contribution in [0.4, 0.5) is 0 Å². The number of aliphatic hydroxyl groups excluding tert-OH is 2. The molecule has 0 fully saturated rings. The highest BCUT2D eigenvalue weighted by molar-refractivity contribution is 5.77. The number of hydrogen-bond donors (Lipinski definition) is 3. The molecule has 0 aromatic rings. The van der Waals surface area contributed by atoms with Gasteiger partial charge in [0.1, 0.15) is 6.10 Å². The Bertz CT molecular complexity index is 1060. The average Bonchev–Trinajstić information content (AvgIpc) is 3.19. The Hall–Kier alpha value is -2.70. The fourth-order valence-corrected chi connectivity index (χ4v) is 6.62. The Morgan fingerprint density at radius 2 is 1.05 bits per heavy atom. The maximum atomic E-state index is 13.1. The molecule has 0 spiro atoms. The summed E-state index contributed by atoms with van der Waals surface area (Å²) < 4.78 is 5.82. The molecule has 0 aromatic carbocycles. The normalized spacial score (nSPS) is 14.0. The number of carbonyl (C=O) groups is 2. The minimum atomic E-state index is -0.814. The predicted octanol–water partition coefficient (Wildman–Crippen LogP) is 13.4. The fraction of sp³-hybridized carbons (Fsp3) is 0.720. The summed E-state index contributed by atoms with van der Waals surface area (Å²) in [5.74, 6) is -0.629. The van der Waals surface area contributed by atoms with E-state index in [1.165, 1.54) is 103 Å². The summed E-state index contributed by atoms with van der Waals surface area (Å²) in [5, 5.41) is 23.6. The zero-order chi connectivity index (χ0) is 41.0. The third-order valence-electron chi connectivity index (χ3n) is 10.1. The molecule has 6 heteroatoms. The molecule has 0 radical (unpaired) electrons. The Labute approximate surface area is 345 Å². The molecule has 0 aliphatic rings. The van der Waals surface area contributed by atoms with Crippen molar-refractivity contribution in [1.82, 2.24) is 5.32 Å². The SMILES string of the molecule is CC/C=C/C=C/C=C\C=C/CCCC(CC(=O)NC(CO)C(O)CCCCCCCCCCCCCCC)OC(=O)CC/C=C/C/C=C\CCCCCCCC. The summed E-state index contributed by atoms with van der Waals surface area (Å²) in [5.41, 5.74) is 0. The van der Waals surface area contributed by atoms with Crippen molar-refractivity contribution in [2.24, 2.45) is 0 Å². The van der Waals surface area contributed by atoms with Crippen molar-refractivity contribution in [2.45, 2.75) is 225 Å². The molecule has 0 aliphatic heterocycles. The Morgan fingerprint density at radius 1 is 0.554 bits per heavy atom. The molecule has 0 saturated heterocycles. The number of rotatable bonds is 40.